The van der Waals surface area contributed by atoms with E-state index in [0.29, 0.717) is 23.3 Å². The third-order valence-corrected chi connectivity index (χ3v) is 3.48. The maximum atomic E-state index is 10.8. The average Bonchev–Trinajstić information content (AvgIpc) is 3.22. The number of halogens is 1. The molecular formula is C15H12ClNO4. The first kappa shape index (κ1) is 13.9. The van der Waals surface area contributed by atoms with Crippen molar-refractivity contribution in [2.45, 2.75) is 12.0 Å². The van der Waals surface area contributed by atoms with Crippen molar-refractivity contribution in [2.75, 3.05) is 6.61 Å². The van der Waals surface area contributed by atoms with Crippen LogP contribution in [-0.2, 0) is 15.1 Å². The summed E-state index contributed by atoms with van der Waals surface area (Å²) in [6, 6.07) is 10.4. The van der Waals surface area contributed by atoms with Gasteiger partial charge in [0.1, 0.15) is 11.4 Å². The molecule has 1 fully saturated rings. The molecule has 1 aromatic heterocycles. The van der Waals surface area contributed by atoms with E-state index in [1.54, 1.807) is 42.6 Å². The lowest BCUT2D eigenvalue weighted by molar-refractivity contribution is -0.138. The van der Waals surface area contributed by atoms with Gasteiger partial charge in [-0.05, 0) is 30.3 Å². The van der Waals surface area contributed by atoms with E-state index in [2.05, 4.69) is 4.98 Å². The molecule has 108 valence electrons. The third-order valence-electron chi connectivity index (χ3n) is 3.23. The minimum absolute atomic E-state index is 0.0634. The topological polar surface area (TPSA) is 72.0 Å². The zero-order valence-corrected chi connectivity index (χ0v) is 11.7. The number of ether oxygens (including phenoxy) is 2. The number of aromatic nitrogens is 1. The number of rotatable bonds is 5. The van der Waals surface area contributed by atoms with E-state index >= 15 is 0 Å². The Hall–Kier alpha value is -2.11. The number of carbonyl (C=O) groups is 1. The van der Waals surface area contributed by atoms with Crippen LogP contribution in [0.2, 0.25) is 5.02 Å². The molecule has 1 saturated heterocycles. The maximum Gasteiger partial charge on any atom is 0.306 e. The normalized spacial score (nSPS) is 20.0. The number of nitrogens with zero attached hydrogens (tertiary/aromatic N) is 1. The second-order valence-corrected chi connectivity index (χ2v) is 5.23. The van der Waals surface area contributed by atoms with E-state index in [1.807, 2.05) is 0 Å². The molecule has 0 radical (unpaired) electrons. The standard InChI is InChI=1S/C15H12ClNO4/c16-11-2-4-12(5-3-11)21-13-6-1-10(8-17-13)15(9-20-15)7-14(18)19/h1-6,8H,7,9H2,(H,18,19). The zero-order chi connectivity index (χ0) is 14.9. The Labute approximate surface area is 126 Å². The van der Waals surface area contributed by atoms with E-state index in [4.69, 9.17) is 26.2 Å². The van der Waals surface area contributed by atoms with Crippen molar-refractivity contribution in [3.05, 3.63) is 53.2 Å². The molecule has 0 amide bonds. The van der Waals surface area contributed by atoms with Crippen molar-refractivity contribution in [3.63, 3.8) is 0 Å². The summed E-state index contributed by atoms with van der Waals surface area (Å²) in [6.07, 6.45) is 1.52. The van der Waals surface area contributed by atoms with Gasteiger partial charge in [0.15, 0.2) is 0 Å². The first-order valence-electron chi connectivity index (χ1n) is 6.33. The highest BCUT2D eigenvalue weighted by atomic mass is 35.5. The van der Waals surface area contributed by atoms with Gasteiger partial charge in [-0.3, -0.25) is 4.79 Å². The van der Waals surface area contributed by atoms with Crippen molar-refractivity contribution < 1.29 is 19.4 Å². The smallest absolute Gasteiger partial charge is 0.306 e. The molecule has 1 aliphatic rings. The lowest BCUT2D eigenvalue weighted by Crippen LogP contribution is -2.14. The maximum absolute atomic E-state index is 10.8. The molecule has 0 bridgehead atoms. The molecule has 0 spiro atoms. The Morgan fingerprint density at radius 2 is 2.05 bits per heavy atom. The molecule has 1 unspecified atom stereocenters. The Morgan fingerprint density at radius 3 is 2.57 bits per heavy atom. The number of hydrogen-bond acceptors (Lipinski definition) is 4. The predicted octanol–water partition coefficient (Wildman–Crippen LogP) is 3.23. The van der Waals surface area contributed by atoms with Gasteiger partial charge in [-0.15, -0.1) is 0 Å². The monoisotopic (exact) mass is 305 g/mol. The van der Waals surface area contributed by atoms with Gasteiger partial charge in [-0.25, -0.2) is 4.98 Å². The summed E-state index contributed by atoms with van der Waals surface area (Å²) in [5.41, 5.74) is 0.0193. The second kappa shape index (κ2) is 5.35. The van der Waals surface area contributed by atoms with Crippen molar-refractivity contribution in [1.29, 1.82) is 0 Å². The number of carboxylic acids is 1. The molecule has 3 rings (SSSR count). The molecule has 2 aromatic rings. The van der Waals surface area contributed by atoms with Crippen LogP contribution in [-0.4, -0.2) is 22.7 Å². The molecule has 2 heterocycles. The highest BCUT2D eigenvalue weighted by Crippen LogP contribution is 2.42. The number of benzene rings is 1. The fraction of sp³-hybridized carbons (Fsp3) is 0.200. The zero-order valence-electron chi connectivity index (χ0n) is 11.0. The summed E-state index contributed by atoms with van der Waals surface area (Å²) in [6.45, 7) is 0.401. The minimum Gasteiger partial charge on any atom is -0.481 e. The van der Waals surface area contributed by atoms with Gasteiger partial charge < -0.3 is 14.6 Å². The first-order chi connectivity index (χ1) is 10.1. The van der Waals surface area contributed by atoms with Gasteiger partial charge in [-0.1, -0.05) is 11.6 Å². The van der Waals surface area contributed by atoms with Crippen LogP contribution in [0.1, 0.15) is 12.0 Å². The third kappa shape index (κ3) is 3.15. The SMILES string of the molecule is O=C(O)CC1(c2ccc(Oc3ccc(Cl)cc3)nc2)CO1. The van der Waals surface area contributed by atoms with Crippen LogP contribution in [0.5, 0.6) is 11.6 Å². The fourth-order valence-corrected chi connectivity index (χ4v) is 2.16. The van der Waals surface area contributed by atoms with Gasteiger partial charge in [0.05, 0.1) is 13.0 Å². The summed E-state index contributed by atoms with van der Waals surface area (Å²) in [5.74, 6) is 0.156. The lowest BCUT2D eigenvalue weighted by Gasteiger charge is -2.10. The van der Waals surface area contributed by atoms with Crippen LogP contribution < -0.4 is 4.74 Å². The lowest BCUT2D eigenvalue weighted by atomic mass is 9.98. The van der Waals surface area contributed by atoms with Gasteiger partial charge in [0, 0.05) is 22.8 Å². The van der Waals surface area contributed by atoms with Crippen molar-refractivity contribution in [1.82, 2.24) is 4.98 Å². The molecule has 6 heteroatoms. The largest absolute Gasteiger partial charge is 0.481 e. The summed E-state index contributed by atoms with van der Waals surface area (Å²) in [7, 11) is 0. The second-order valence-electron chi connectivity index (χ2n) is 4.79. The van der Waals surface area contributed by atoms with Crippen molar-refractivity contribution in [3.8, 4) is 11.6 Å². The highest BCUT2D eigenvalue weighted by molar-refractivity contribution is 6.30. The van der Waals surface area contributed by atoms with Crippen LogP contribution >= 0.6 is 11.6 Å². The van der Waals surface area contributed by atoms with Crippen molar-refractivity contribution in [2.24, 2.45) is 0 Å². The summed E-state index contributed by atoms with van der Waals surface area (Å²) < 4.78 is 10.9. The summed E-state index contributed by atoms with van der Waals surface area (Å²) in [4.78, 5) is 15.0. The number of aliphatic carboxylic acids is 1. The Bertz CT molecular complexity index is 650. The predicted molar refractivity (Wildman–Crippen MR) is 75.6 cm³/mol. The Morgan fingerprint density at radius 1 is 1.33 bits per heavy atom. The summed E-state index contributed by atoms with van der Waals surface area (Å²) >= 11 is 5.80. The van der Waals surface area contributed by atoms with Gasteiger partial charge >= 0.3 is 5.97 Å². The molecule has 1 atom stereocenters. The van der Waals surface area contributed by atoms with E-state index in [0.717, 1.165) is 5.56 Å². The molecule has 5 nitrogen and oxygen atoms in total. The number of carboxylic acid groups (broad SMARTS) is 1. The molecule has 0 saturated carbocycles. The van der Waals surface area contributed by atoms with E-state index < -0.39 is 11.6 Å². The molecule has 0 aliphatic carbocycles. The molecule has 1 aliphatic heterocycles. The van der Waals surface area contributed by atoms with E-state index in [-0.39, 0.29) is 6.42 Å². The number of epoxide rings is 1. The number of hydrogen-bond donors (Lipinski definition) is 1. The van der Waals surface area contributed by atoms with E-state index in [9.17, 15) is 4.79 Å². The minimum atomic E-state index is -0.894. The summed E-state index contributed by atoms with van der Waals surface area (Å²) in [5, 5.41) is 9.52. The molecule has 21 heavy (non-hydrogen) atoms. The van der Waals surface area contributed by atoms with Crippen LogP contribution in [0.3, 0.4) is 0 Å². The average molecular weight is 306 g/mol. The van der Waals surface area contributed by atoms with Crippen molar-refractivity contribution >= 4 is 17.6 Å². The Balaban J connectivity index is 1.72. The number of pyridine rings is 1. The van der Waals surface area contributed by atoms with Crippen LogP contribution in [0, 0.1) is 0 Å². The quantitative estimate of drug-likeness (QED) is 0.859. The van der Waals surface area contributed by atoms with Crippen LogP contribution in [0.15, 0.2) is 42.6 Å². The molecular weight excluding hydrogens is 294 g/mol. The fourth-order valence-electron chi connectivity index (χ4n) is 2.04. The van der Waals surface area contributed by atoms with Crippen LogP contribution in [0.25, 0.3) is 0 Å². The first-order valence-corrected chi connectivity index (χ1v) is 6.71. The van der Waals surface area contributed by atoms with Crippen LogP contribution in [0.4, 0.5) is 0 Å². The molecule has 1 N–H and O–H groups in total. The van der Waals surface area contributed by atoms with Gasteiger partial charge in [0.2, 0.25) is 5.88 Å². The highest BCUT2D eigenvalue weighted by Gasteiger charge is 2.48. The van der Waals surface area contributed by atoms with Gasteiger partial charge in [-0.2, -0.15) is 0 Å². The van der Waals surface area contributed by atoms with Gasteiger partial charge in [0.25, 0.3) is 0 Å². The molecule has 1 aromatic carbocycles. The van der Waals surface area contributed by atoms with E-state index in [1.165, 1.54) is 0 Å². The Kier molecular flexibility index (Phi) is 3.53.